The Morgan fingerprint density at radius 3 is 2.70 bits per heavy atom. The molecule has 7 nitrogen and oxygen atoms in total. The van der Waals surface area contributed by atoms with Crippen LogP contribution in [0, 0.1) is 18.8 Å². The minimum atomic E-state index is -3.26. The average Bonchev–Trinajstić information content (AvgIpc) is 3.21. The van der Waals surface area contributed by atoms with Crippen LogP contribution in [-0.2, 0) is 10.0 Å². The smallest absolute Gasteiger partial charge is 0.271 e. The number of amides is 1. The molecule has 126 valence electrons. The van der Waals surface area contributed by atoms with Crippen molar-refractivity contribution in [2.45, 2.75) is 25.8 Å². The van der Waals surface area contributed by atoms with Gasteiger partial charge < -0.3 is 5.32 Å². The molecular weight excluding hydrogens is 340 g/mol. The van der Waals surface area contributed by atoms with Crippen LogP contribution in [0.25, 0.3) is 0 Å². The molecule has 3 rings (SSSR count). The molecule has 0 aromatic carbocycles. The van der Waals surface area contributed by atoms with E-state index in [1.54, 1.807) is 6.92 Å². The molecule has 0 bridgehead atoms. The second-order valence-electron chi connectivity index (χ2n) is 6.27. The van der Waals surface area contributed by atoms with Gasteiger partial charge in [-0.15, -0.1) is 0 Å². The van der Waals surface area contributed by atoms with Gasteiger partial charge in [-0.2, -0.15) is 4.31 Å². The van der Waals surface area contributed by atoms with Crippen LogP contribution in [0.3, 0.4) is 0 Å². The molecule has 1 aliphatic heterocycles. The SMILES string of the molecule is Cc1ncc(Cl)c(C(=O)N[C@H]2CN(S(C)(=O)=O)C[C@@H]2C2CC2)n1. The number of hydrogen-bond donors (Lipinski definition) is 1. The van der Waals surface area contributed by atoms with Crippen molar-refractivity contribution in [2.24, 2.45) is 11.8 Å². The van der Waals surface area contributed by atoms with E-state index in [1.165, 1.54) is 16.8 Å². The van der Waals surface area contributed by atoms with Gasteiger partial charge >= 0.3 is 0 Å². The molecule has 1 aromatic heterocycles. The topological polar surface area (TPSA) is 92.3 Å². The van der Waals surface area contributed by atoms with E-state index in [-0.39, 0.29) is 28.6 Å². The van der Waals surface area contributed by atoms with E-state index in [9.17, 15) is 13.2 Å². The van der Waals surface area contributed by atoms with E-state index < -0.39 is 10.0 Å². The third-order valence-corrected chi connectivity index (χ3v) is 5.94. The number of aryl methyl sites for hydroxylation is 1. The second kappa shape index (κ2) is 5.99. The van der Waals surface area contributed by atoms with E-state index in [4.69, 9.17) is 11.6 Å². The van der Waals surface area contributed by atoms with E-state index in [1.807, 2.05) is 0 Å². The Morgan fingerprint density at radius 1 is 1.39 bits per heavy atom. The molecule has 0 unspecified atom stereocenters. The van der Waals surface area contributed by atoms with Gasteiger partial charge in [-0.05, 0) is 31.6 Å². The molecule has 2 fully saturated rings. The Balaban J connectivity index is 1.77. The first kappa shape index (κ1) is 16.6. The summed E-state index contributed by atoms with van der Waals surface area (Å²) >= 11 is 6.00. The molecule has 1 aromatic rings. The largest absolute Gasteiger partial charge is 0.346 e. The van der Waals surface area contributed by atoms with Crippen molar-refractivity contribution in [1.29, 1.82) is 0 Å². The van der Waals surface area contributed by atoms with Crippen LogP contribution in [0.2, 0.25) is 5.02 Å². The highest BCUT2D eigenvalue weighted by Gasteiger charge is 2.45. The van der Waals surface area contributed by atoms with Crippen molar-refractivity contribution in [2.75, 3.05) is 19.3 Å². The summed E-state index contributed by atoms with van der Waals surface area (Å²) in [4.78, 5) is 20.5. The van der Waals surface area contributed by atoms with Gasteiger partial charge in [0.05, 0.1) is 17.5 Å². The predicted molar refractivity (Wildman–Crippen MR) is 85.7 cm³/mol. The molecule has 1 amide bonds. The number of hydrogen-bond acceptors (Lipinski definition) is 5. The Morgan fingerprint density at radius 2 is 2.09 bits per heavy atom. The molecule has 23 heavy (non-hydrogen) atoms. The lowest BCUT2D eigenvalue weighted by Crippen LogP contribution is -2.42. The fourth-order valence-electron chi connectivity index (χ4n) is 3.07. The maximum Gasteiger partial charge on any atom is 0.271 e. The summed E-state index contributed by atoms with van der Waals surface area (Å²) in [6.45, 7) is 2.44. The monoisotopic (exact) mass is 358 g/mol. The van der Waals surface area contributed by atoms with E-state index in [0.29, 0.717) is 24.8 Å². The molecule has 0 radical (unpaired) electrons. The lowest BCUT2D eigenvalue weighted by Gasteiger charge is -2.19. The number of nitrogens with one attached hydrogen (secondary N) is 1. The average molecular weight is 359 g/mol. The number of carbonyl (C=O) groups excluding carboxylic acids is 1. The Labute approximate surface area is 140 Å². The third kappa shape index (κ3) is 3.64. The minimum Gasteiger partial charge on any atom is -0.346 e. The molecule has 1 saturated carbocycles. The summed E-state index contributed by atoms with van der Waals surface area (Å²) in [5.41, 5.74) is 0.131. The lowest BCUT2D eigenvalue weighted by atomic mass is 9.98. The Bertz CT molecular complexity index is 736. The fraction of sp³-hybridized carbons (Fsp3) is 0.643. The normalized spacial score (nSPS) is 25.5. The molecule has 2 aliphatic rings. The Hall–Kier alpha value is -1.25. The first-order valence-electron chi connectivity index (χ1n) is 7.51. The van der Waals surface area contributed by atoms with E-state index in [2.05, 4.69) is 15.3 Å². The number of carbonyl (C=O) groups is 1. The number of halogens is 1. The zero-order chi connectivity index (χ0) is 16.8. The highest BCUT2D eigenvalue weighted by Crippen LogP contribution is 2.42. The van der Waals surface area contributed by atoms with Crippen LogP contribution >= 0.6 is 11.6 Å². The fourth-order valence-corrected chi connectivity index (χ4v) is 4.12. The summed E-state index contributed by atoms with van der Waals surface area (Å²) in [7, 11) is -3.26. The molecule has 1 N–H and O–H groups in total. The van der Waals surface area contributed by atoms with E-state index >= 15 is 0 Å². The summed E-state index contributed by atoms with van der Waals surface area (Å²) in [6, 6.07) is -0.212. The van der Waals surface area contributed by atoms with E-state index in [0.717, 1.165) is 12.8 Å². The standard InChI is InChI=1S/C14H19ClN4O3S/c1-8-16-5-11(15)13(17-8)14(20)18-12-7-19(23(2,21)22)6-10(12)9-3-4-9/h5,9-10,12H,3-4,6-7H2,1-2H3,(H,18,20)/t10-,12+/m1/s1. The maximum absolute atomic E-state index is 12.5. The predicted octanol–water partition coefficient (Wildman–Crippen LogP) is 0.838. The van der Waals surface area contributed by atoms with Crippen molar-refractivity contribution in [3.8, 4) is 0 Å². The van der Waals surface area contributed by atoms with Gasteiger partial charge in [0, 0.05) is 19.1 Å². The number of sulfonamides is 1. The Kier molecular flexibility index (Phi) is 4.33. The molecule has 2 atom stereocenters. The minimum absolute atomic E-state index is 0.131. The first-order valence-corrected chi connectivity index (χ1v) is 9.73. The van der Waals surface area contributed by atoms with Crippen LogP contribution in [0.5, 0.6) is 0 Å². The van der Waals surface area contributed by atoms with Gasteiger partial charge in [-0.3, -0.25) is 4.79 Å². The molecule has 2 heterocycles. The van der Waals surface area contributed by atoms with Gasteiger partial charge in [0.25, 0.3) is 5.91 Å². The lowest BCUT2D eigenvalue weighted by molar-refractivity contribution is 0.0923. The van der Waals surface area contributed by atoms with Crippen molar-refractivity contribution in [3.63, 3.8) is 0 Å². The highest BCUT2D eigenvalue weighted by atomic mass is 35.5. The molecular formula is C14H19ClN4O3S. The van der Waals surface area contributed by atoms with Crippen molar-refractivity contribution in [3.05, 3.63) is 22.7 Å². The molecule has 1 saturated heterocycles. The van der Waals surface area contributed by atoms with Gasteiger partial charge in [0.2, 0.25) is 10.0 Å². The summed E-state index contributed by atoms with van der Waals surface area (Å²) < 4.78 is 25.0. The summed E-state index contributed by atoms with van der Waals surface area (Å²) in [5.74, 6) is 0.707. The molecule has 0 spiro atoms. The number of nitrogens with zero attached hydrogens (tertiary/aromatic N) is 3. The van der Waals surface area contributed by atoms with Gasteiger partial charge in [-0.25, -0.2) is 18.4 Å². The third-order valence-electron chi connectivity index (χ3n) is 4.42. The quantitative estimate of drug-likeness (QED) is 0.861. The van der Waals surface area contributed by atoms with Crippen molar-refractivity contribution in [1.82, 2.24) is 19.6 Å². The number of aromatic nitrogens is 2. The van der Waals surface area contributed by atoms with Gasteiger partial charge in [-0.1, -0.05) is 11.6 Å². The molecule has 1 aliphatic carbocycles. The maximum atomic E-state index is 12.5. The van der Waals surface area contributed by atoms with Crippen LogP contribution < -0.4 is 5.32 Å². The summed E-state index contributed by atoms with van der Waals surface area (Å²) in [6.07, 6.45) is 4.77. The summed E-state index contributed by atoms with van der Waals surface area (Å²) in [5, 5.41) is 3.11. The zero-order valence-corrected chi connectivity index (χ0v) is 14.6. The van der Waals surface area contributed by atoms with Crippen LogP contribution in [0.4, 0.5) is 0 Å². The van der Waals surface area contributed by atoms with Gasteiger partial charge in [0.15, 0.2) is 0 Å². The van der Waals surface area contributed by atoms with Crippen molar-refractivity contribution >= 4 is 27.5 Å². The van der Waals surface area contributed by atoms with Crippen LogP contribution in [0.1, 0.15) is 29.2 Å². The van der Waals surface area contributed by atoms with Crippen LogP contribution in [0.15, 0.2) is 6.20 Å². The highest BCUT2D eigenvalue weighted by molar-refractivity contribution is 7.88. The first-order chi connectivity index (χ1) is 10.8. The van der Waals surface area contributed by atoms with Crippen molar-refractivity contribution < 1.29 is 13.2 Å². The van der Waals surface area contributed by atoms with Crippen LogP contribution in [-0.4, -0.2) is 54.0 Å². The second-order valence-corrected chi connectivity index (χ2v) is 8.66. The molecule has 9 heteroatoms. The van der Waals surface area contributed by atoms with Gasteiger partial charge in [0.1, 0.15) is 11.5 Å². The number of rotatable bonds is 4. The zero-order valence-electron chi connectivity index (χ0n) is 13.0.